The molecule has 3 fully saturated rings. The number of rotatable bonds is 4. The monoisotopic (exact) mass is 394 g/mol. The van der Waals surface area contributed by atoms with Crippen LogP contribution in [-0.4, -0.2) is 43.6 Å². The van der Waals surface area contributed by atoms with E-state index in [0.29, 0.717) is 18.9 Å². The number of benzene rings is 1. The van der Waals surface area contributed by atoms with Gasteiger partial charge in [-0.1, -0.05) is 54.8 Å². The summed E-state index contributed by atoms with van der Waals surface area (Å²) in [4.78, 5) is 15.4. The van der Waals surface area contributed by atoms with Gasteiger partial charge < -0.3 is 10.0 Å². The molecule has 2 aromatic rings. The minimum absolute atomic E-state index is 0.0346. The first-order chi connectivity index (χ1) is 14.2. The maximum atomic E-state index is 13.4. The van der Waals surface area contributed by atoms with Crippen molar-refractivity contribution in [2.24, 2.45) is 5.92 Å². The molecular weight excluding hydrogens is 364 g/mol. The molecular formula is C23H30N4O2. The number of piperidine rings is 1. The minimum Gasteiger partial charge on any atom is -0.389 e. The number of carbonyl (C=O) groups excluding carboxylic acids is 1. The van der Waals surface area contributed by atoms with Crippen LogP contribution >= 0.6 is 0 Å². The molecule has 2 saturated carbocycles. The number of β-amino-alcohol motifs (C(OH)–C–C–N with tert-alkyl or cyclic N) is 1. The van der Waals surface area contributed by atoms with Crippen LogP contribution in [0.4, 0.5) is 0 Å². The second-order valence-electron chi connectivity index (χ2n) is 9.02. The number of carbonyl (C=O) groups is 1. The largest absolute Gasteiger partial charge is 0.389 e. The van der Waals surface area contributed by atoms with E-state index >= 15 is 0 Å². The summed E-state index contributed by atoms with van der Waals surface area (Å²) in [7, 11) is 0. The van der Waals surface area contributed by atoms with Crippen LogP contribution < -0.4 is 0 Å². The highest BCUT2D eigenvalue weighted by Crippen LogP contribution is 2.41. The summed E-state index contributed by atoms with van der Waals surface area (Å²) in [5.74, 6) is 0.860. The molecule has 1 amide bonds. The Balaban J connectivity index is 1.42. The Morgan fingerprint density at radius 2 is 1.79 bits per heavy atom. The number of likely N-dealkylation sites (tertiary alicyclic amines) is 1. The molecule has 154 valence electrons. The van der Waals surface area contributed by atoms with Crippen LogP contribution in [0.1, 0.15) is 80.6 Å². The number of aliphatic hydroxyl groups excluding tert-OH is 1. The highest BCUT2D eigenvalue weighted by molar-refractivity contribution is 5.79. The second kappa shape index (κ2) is 7.90. The summed E-state index contributed by atoms with van der Waals surface area (Å²) in [6, 6.07) is 10.1. The van der Waals surface area contributed by atoms with Crippen molar-refractivity contribution in [2.75, 3.05) is 6.54 Å². The predicted octanol–water partition coefficient (Wildman–Crippen LogP) is 3.61. The van der Waals surface area contributed by atoms with Crippen LogP contribution in [0.5, 0.6) is 0 Å². The number of aromatic nitrogens is 3. The van der Waals surface area contributed by atoms with E-state index in [2.05, 4.69) is 22.4 Å². The Hall–Kier alpha value is -2.21. The van der Waals surface area contributed by atoms with Gasteiger partial charge in [0.25, 0.3) is 0 Å². The highest BCUT2D eigenvalue weighted by Gasteiger charge is 2.41. The van der Waals surface area contributed by atoms with Crippen LogP contribution in [0.15, 0.2) is 36.5 Å². The average molecular weight is 395 g/mol. The first-order valence-electron chi connectivity index (χ1n) is 11.2. The minimum atomic E-state index is -0.628. The van der Waals surface area contributed by atoms with Gasteiger partial charge >= 0.3 is 0 Å². The molecule has 3 aliphatic rings. The molecule has 0 unspecified atom stereocenters. The first-order valence-corrected chi connectivity index (χ1v) is 11.2. The number of hydrogen-bond donors (Lipinski definition) is 1. The molecule has 0 bridgehead atoms. The molecule has 1 N–H and O–H groups in total. The summed E-state index contributed by atoms with van der Waals surface area (Å²) < 4.78 is 1.84. The van der Waals surface area contributed by atoms with Gasteiger partial charge in [-0.25, -0.2) is 4.68 Å². The Morgan fingerprint density at radius 1 is 1.03 bits per heavy atom. The highest BCUT2D eigenvalue weighted by atomic mass is 16.3. The molecule has 2 heterocycles. The molecule has 1 aromatic heterocycles. The van der Waals surface area contributed by atoms with Crippen molar-refractivity contribution in [1.82, 2.24) is 19.9 Å². The third kappa shape index (κ3) is 3.82. The Bertz CT molecular complexity index is 842. The molecule has 1 aromatic carbocycles. The molecule has 2 aliphatic carbocycles. The first kappa shape index (κ1) is 18.8. The van der Waals surface area contributed by atoms with Gasteiger partial charge in [0.2, 0.25) is 5.91 Å². The summed E-state index contributed by atoms with van der Waals surface area (Å²) >= 11 is 0. The normalized spacial score (nSPS) is 28.4. The zero-order chi connectivity index (χ0) is 19.8. The van der Waals surface area contributed by atoms with E-state index in [1.54, 1.807) is 0 Å². The Labute approximate surface area is 171 Å². The summed E-state index contributed by atoms with van der Waals surface area (Å²) in [5.41, 5.74) is 2.17. The van der Waals surface area contributed by atoms with Crippen molar-refractivity contribution in [2.45, 2.75) is 75.5 Å². The zero-order valence-corrected chi connectivity index (χ0v) is 16.9. The van der Waals surface area contributed by atoms with Gasteiger partial charge in [-0.3, -0.25) is 4.79 Å². The Kier molecular flexibility index (Phi) is 5.12. The van der Waals surface area contributed by atoms with Gasteiger partial charge in [0.1, 0.15) is 0 Å². The fraction of sp³-hybridized carbons (Fsp3) is 0.609. The van der Waals surface area contributed by atoms with Crippen LogP contribution in [0.25, 0.3) is 0 Å². The topological polar surface area (TPSA) is 71.2 Å². The van der Waals surface area contributed by atoms with E-state index in [4.69, 9.17) is 0 Å². The van der Waals surface area contributed by atoms with E-state index in [-0.39, 0.29) is 23.9 Å². The van der Waals surface area contributed by atoms with E-state index in [1.165, 1.54) is 19.3 Å². The van der Waals surface area contributed by atoms with Crippen molar-refractivity contribution >= 4 is 5.91 Å². The molecule has 1 aliphatic heterocycles. The van der Waals surface area contributed by atoms with Crippen molar-refractivity contribution in [1.29, 1.82) is 0 Å². The van der Waals surface area contributed by atoms with E-state index in [9.17, 15) is 9.90 Å². The number of nitrogens with zero attached hydrogens (tertiary/aromatic N) is 4. The van der Waals surface area contributed by atoms with E-state index < -0.39 is 6.10 Å². The van der Waals surface area contributed by atoms with Crippen molar-refractivity contribution in [3.8, 4) is 0 Å². The predicted molar refractivity (Wildman–Crippen MR) is 109 cm³/mol. The van der Waals surface area contributed by atoms with Gasteiger partial charge in [-0.2, -0.15) is 0 Å². The van der Waals surface area contributed by atoms with Crippen LogP contribution in [0.2, 0.25) is 0 Å². The fourth-order valence-corrected chi connectivity index (χ4v) is 5.09. The van der Waals surface area contributed by atoms with Gasteiger partial charge in [-0.15, -0.1) is 5.10 Å². The lowest BCUT2D eigenvalue weighted by Gasteiger charge is -2.44. The number of hydrogen-bond acceptors (Lipinski definition) is 4. The second-order valence-corrected chi connectivity index (χ2v) is 9.02. The quantitative estimate of drug-likeness (QED) is 0.860. The standard InChI is InChI=1S/C23H30N4O2/c28-22-15-26(23(29)18-9-5-2-6-10-18)20(17-7-3-1-4-8-17)13-21(22)27-14-19(24-25-27)16-11-12-16/h1,3-4,7-8,14,16,18,20-22,28H,2,5-6,9-13,15H2/t20-,21-,22-/m1/s1. The molecule has 6 nitrogen and oxygen atoms in total. The van der Waals surface area contributed by atoms with E-state index in [1.807, 2.05) is 34.0 Å². The molecule has 0 spiro atoms. The maximum Gasteiger partial charge on any atom is 0.226 e. The van der Waals surface area contributed by atoms with Crippen LogP contribution in [0, 0.1) is 5.92 Å². The Morgan fingerprint density at radius 3 is 2.52 bits per heavy atom. The van der Waals surface area contributed by atoms with Gasteiger partial charge in [0.15, 0.2) is 0 Å². The summed E-state index contributed by atoms with van der Waals surface area (Å²) in [6.45, 7) is 0.359. The number of amides is 1. The lowest BCUT2D eigenvalue weighted by Crippen LogP contribution is -2.51. The SMILES string of the molecule is O=C(C1CCCCC1)N1C[C@@H](O)[C@H](n2cc(C3CC3)nn2)C[C@@H]1c1ccccc1. The molecule has 5 rings (SSSR count). The van der Waals surface area contributed by atoms with Crippen LogP contribution in [0.3, 0.4) is 0 Å². The van der Waals surface area contributed by atoms with E-state index in [0.717, 1.165) is 36.9 Å². The smallest absolute Gasteiger partial charge is 0.226 e. The lowest BCUT2D eigenvalue weighted by molar-refractivity contribution is -0.145. The molecule has 29 heavy (non-hydrogen) atoms. The fourth-order valence-electron chi connectivity index (χ4n) is 5.09. The molecule has 3 atom stereocenters. The third-order valence-electron chi connectivity index (χ3n) is 6.95. The molecule has 0 radical (unpaired) electrons. The van der Waals surface area contributed by atoms with Gasteiger partial charge in [-0.05, 0) is 37.7 Å². The summed E-state index contributed by atoms with van der Waals surface area (Å²) in [6.07, 6.45) is 9.85. The number of aliphatic hydroxyl groups is 1. The van der Waals surface area contributed by atoms with Gasteiger partial charge in [0.05, 0.1) is 23.9 Å². The van der Waals surface area contributed by atoms with Crippen molar-refractivity contribution in [3.63, 3.8) is 0 Å². The zero-order valence-electron chi connectivity index (χ0n) is 16.9. The van der Waals surface area contributed by atoms with Crippen LogP contribution in [-0.2, 0) is 4.79 Å². The molecule has 6 heteroatoms. The van der Waals surface area contributed by atoms with Crippen molar-refractivity contribution in [3.05, 3.63) is 47.8 Å². The lowest BCUT2D eigenvalue weighted by atomic mass is 9.85. The summed E-state index contributed by atoms with van der Waals surface area (Å²) in [5, 5.41) is 19.7. The maximum absolute atomic E-state index is 13.4. The van der Waals surface area contributed by atoms with Gasteiger partial charge in [0, 0.05) is 24.6 Å². The average Bonchev–Trinajstić information content (AvgIpc) is 3.51. The molecule has 1 saturated heterocycles. The van der Waals surface area contributed by atoms with Crippen molar-refractivity contribution < 1.29 is 9.90 Å². The third-order valence-corrected chi connectivity index (χ3v) is 6.95.